The van der Waals surface area contributed by atoms with Crippen LogP contribution < -0.4 is 10.5 Å². The Morgan fingerprint density at radius 3 is 2.85 bits per heavy atom. The second-order valence-corrected chi connectivity index (χ2v) is 6.53. The molecule has 3 rings (SSSR count). The van der Waals surface area contributed by atoms with Gasteiger partial charge in [0.05, 0.1) is 25.0 Å². The van der Waals surface area contributed by atoms with Gasteiger partial charge in [0.25, 0.3) is 0 Å². The predicted molar refractivity (Wildman–Crippen MR) is 98.8 cm³/mol. The van der Waals surface area contributed by atoms with E-state index in [1.54, 1.807) is 25.9 Å². The number of hydrogen-bond donors (Lipinski definition) is 1. The molecule has 0 saturated heterocycles. The third-order valence-corrected chi connectivity index (χ3v) is 5.08. The van der Waals surface area contributed by atoms with Crippen molar-refractivity contribution in [1.82, 2.24) is 4.90 Å². The summed E-state index contributed by atoms with van der Waals surface area (Å²) in [5, 5.41) is 9.90. The van der Waals surface area contributed by atoms with Crippen LogP contribution in [0.25, 0.3) is 0 Å². The molecule has 2 aliphatic heterocycles. The van der Waals surface area contributed by atoms with Crippen LogP contribution in [0.15, 0.2) is 51.3 Å². The molecule has 8 heteroatoms. The lowest BCUT2D eigenvalue weighted by molar-refractivity contribution is -0.139. The number of para-hydroxylation sites is 1. The largest absolute Gasteiger partial charge is 0.496 e. The van der Waals surface area contributed by atoms with Crippen molar-refractivity contribution in [3.05, 3.63) is 51.8 Å². The standard InChI is InChI=1S/C18H18N4O3S/c1-4-25-17(23)14-10(2)21-18-22(16(20)13(9-19)26-18)15(14)11-7-5-6-8-12(11)24-3/h5-8,15H,4,20H2,1-3H3/t15-/m0/s1. The summed E-state index contributed by atoms with van der Waals surface area (Å²) in [7, 11) is 1.57. The number of fused-ring (bicyclic) bond motifs is 1. The fourth-order valence-corrected chi connectivity index (χ4v) is 3.91. The monoisotopic (exact) mass is 370 g/mol. The molecule has 0 fully saturated rings. The van der Waals surface area contributed by atoms with Gasteiger partial charge in [0.1, 0.15) is 28.6 Å². The van der Waals surface area contributed by atoms with E-state index in [4.69, 9.17) is 15.2 Å². The summed E-state index contributed by atoms with van der Waals surface area (Å²) in [5.74, 6) is 0.407. The number of nitriles is 1. The van der Waals surface area contributed by atoms with E-state index in [1.807, 2.05) is 24.3 Å². The van der Waals surface area contributed by atoms with Crippen LogP contribution in [-0.2, 0) is 9.53 Å². The molecule has 2 N–H and O–H groups in total. The predicted octanol–water partition coefficient (Wildman–Crippen LogP) is 2.64. The fraction of sp³-hybridized carbons (Fsp3) is 0.278. The summed E-state index contributed by atoms with van der Waals surface area (Å²) < 4.78 is 10.7. The number of aliphatic imine (C=N–C) groups is 1. The molecule has 0 bridgehead atoms. The number of methoxy groups -OCH3 is 1. The molecule has 0 radical (unpaired) electrons. The van der Waals surface area contributed by atoms with Gasteiger partial charge >= 0.3 is 5.97 Å². The third-order valence-electron chi connectivity index (χ3n) is 4.11. The van der Waals surface area contributed by atoms with Crippen LogP contribution in [0, 0.1) is 11.3 Å². The van der Waals surface area contributed by atoms with E-state index in [2.05, 4.69) is 11.1 Å². The van der Waals surface area contributed by atoms with Gasteiger partial charge < -0.3 is 15.2 Å². The number of allylic oxidation sites excluding steroid dienone is 2. The number of hydrogen-bond acceptors (Lipinski definition) is 8. The summed E-state index contributed by atoms with van der Waals surface area (Å²) in [4.78, 5) is 19.2. The maximum Gasteiger partial charge on any atom is 0.338 e. The first-order valence-electron chi connectivity index (χ1n) is 7.99. The summed E-state index contributed by atoms with van der Waals surface area (Å²) in [6.07, 6.45) is 0. The maximum absolute atomic E-state index is 12.7. The molecule has 2 heterocycles. The summed E-state index contributed by atoms with van der Waals surface area (Å²) in [6, 6.07) is 8.88. The van der Waals surface area contributed by atoms with Gasteiger partial charge in [-0.2, -0.15) is 5.26 Å². The first-order valence-corrected chi connectivity index (χ1v) is 8.81. The minimum atomic E-state index is -0.587. The van der Waals surface area contributed by atoms with E-state index in [9.17, 15) is 10.1 Å². The van der Waals surface area contributed by atoms with E-state index in [0.29, 0.717) is 27.1 Å². The lowest BCUT2D eigenvalue weighted by Crippen LogP contribution is -2.39. The molecule has 1 aromatic carbocycles. The van der Waals surface area contributed by atoms with Crippen molar-refractivity contribution < 1.29 is 14.3 Å². The van der Waals surface area contributed by atoms with Crippen LogP contribution in [0.5, 0.6) is 5.75 Å². The van der Waals surface area contributed by atoms with E-state index < -0.39 is 12.0 Å². The van der Waals surface area contributed by atoms with Crippen molar-refractivity contribution in [1.29, 1.82) is 5.26 Å². The number of ether oxygens (including phenoxy) is 2. The van der Waals surface area contributed by atoms with Crippen LogP contribution in [-0.4, -0.2) is 29.8 Å². The number of carbonyl (C=O) groups is 1. The summed E-state index contributed by atoms with van der Waals surface area (Å²) >= 11 is 1.19. The highest BCUT2D eigenvalue weighted by atomic mass is 32.2. The van der Waals surface area contributed by atoms with Crippen LogP contribution in [0.1, 0.15) is 25.5 Å². The summed E-state index contributed by atoms with van der Waals surface area (Å²) in [5.41, 5.74) is 7.86. The van der Waals surface area contributed by atoms with Gasteiger partial charge in [0.15, 0.2) is 5.17 Å². The van der Waals surface area contributed by atoms with Gasteiger partial charge in [-0.05, 0) is 31.7 Å². The molecular formula is C18H18N4O3S. The number of nitrogens with two attached hydrogens (primary N) is 1. The Bertz CT molecular complexity index is 898. The molecule has 0 saturated carbocycles. The smallest absolute Gasteiger partial charge is 0.338 e. The molecule has 0 spiro atoms. The minimum absolute atomic E-state index is 0.244. The molecule has 7 nitrogen and oxygen atoms in total. The molecule has 1 atom stereocenters. The number of carbonyl (C=O) groups excluding carboxylic acids is 1. The van der Waals surface area contributed by atoms with Crippen molar-refractivity contribution in [2.24, 2.45) is 10.7 Å². The summed E-state index contributed by atoms with van der Waals surface area (Å²) in [6.45, 7) is 3.74. The van der Waals surface area contributed by atoms with Gasteiger partial charge in [-0.3, -0.25) is 4.90 Å². The quantitative estimate of drug-likeness (QED) is 0.813. The van der Waals surface area contributed by atoms with Crippen LogP contribution in [0.3, 0.4) is 0 Å². The van der Waals surface area contributed by atoms with Gasteiger partial charge in [-0.25, -0.2) is 9.79 Å². The topological polar surface area (TPSA) is 101 Å². The average Bonchev–Trinajstić information content (AvgIpc) is 2.96. The molecule has 134 valence electrons. The molecule has 0 aromatic heterocycles. The van der Waals surface area contributed by atoms with Gasteiger partial charge in [-0.15, -0.1) is 0 Å². The Labute approximate surface area is 155 Å². The van der Waals surface area contributed by atoms with E-state index in [1.165, 1.54) is 11.8 Å². The first-order chi connectivity index (χ1) is 12.5. The minimum Gasteiger partial charge on any atom is -0.496 e. The normalized spacial score (nSPS) is 19.1. The molecule has 0 amide bonds. The van der Waals surface area contributed by atoms with E-state index in [-0.39, 0.29) is 12.4 Å². The van der Waals surface area contributed by atoms with Crippen LogP contribution in [0.2, 0.25) is 0 Å². The molecule has 26 heavy (non-hydrogen) atoms. The number of amidine groups is 1. The van der Waals surface area contributed by atoms with Crippen LogP contribution in [0.4, 0.5) is 0 Å². The van der Waals surface area contributed by atoms with Crippen LogP contribution >= 0.6 is 11.8 Å². The lowest BCUT2D eigenvalue weighted by atomic mass is 9.93. The van der Waals surface area contributed by atoms with Crippen molar-refractivity contribution in [3.8, 4) is 11.8 Å². The van der Waals surface area contributed by atoms with Gasteiger partial charge in [0.2, 0.25) is 0 Å². The van der Waals surface area contributed by atoms with E-state index >= 15 is 0 Å². The molecule has 2 aliphatic rings. The molecule has 0 aliphatic carbocycles. The van der Waals surface area contributed by atoms with Crippen molar-refractivity contribution in [2.45, 2.75) is 19.9 Å². The zero-order valence-electron chi connectivity index (χ0n) is 14.6. The number of benzene rings is 1. The molecule has 1 aromatic rings. The Morgan fingerprint density at radius 1 is 1.46 bits per heavy atom. The fourth-order valence-electron chi connectivity index (χ4n) is 3.00. The number of esters is 1. The number of nitrogens with zero attached hydrogens (tertiary/aromatic N) is 3. The van der Waals surface area contributed by atoms with E-state index in [0.717, 1.165) is 5.56 Å². The van der Waals surface area contributed by atoms with Crippen molar-refractivity contribution in [2.75, 3.05) is 13.7 Å². The Hall–Kier alpha value is -2.92. The number of rotatable bonds is 4. The highest BCUT2D eigenvalue weighted by molar-refractivity contribution is 8.17. The Morgan fingerprint density at radius 2 is 2.19 bits per heavy atom. The average molecular weight is 370 g/mol. The van der Waals surface area contributed by atoms with Crippen molar-refractivity contribution in [3.63, 3.8) is 0 Å². The zero-order valence-corrected chi connectivity index (χ0v) is 15.5. The maximum atomic E-state index is 12.7. The van der Waals surface area contributed by atoms with Gasteiger partial charge in [0, 0.05) is 5.56 Å². The Kier molecular flexibility index (Phi) is 4.91. The number of thioether (sulfide) groups is 1. The lowest BCUT2D eigenvalue weighted by Gasteiger charge is -2.35. The Balaban J connectivity index is 2.23. The van der Waals surface area contributed by atoms with Gasteiger partial charge in [-0.1, -0.05) is 18.2 Å². The molecular weight excluding hydrogens is 352 g/mol. The highest BCUT2D eigenvalue weighted by Crippen LogP contribution is 2.47. The first kappa shape index (κ1) is 17.9. The second-order valence-electron chi connectivity index (χ2n) is 5.56. The third kappa shape index (κ3) is 2.80. The SMILES string of the molecule is CCOC(=O)C1=C(C)N=C2SC(C#N)=C(N)N2[C@H]1c1ccccc1OC. The molecule has 0 unspecified atom stereocenters. The second kappa shape index (κ2) is 7.14. The zero-order chi connectivity index (χ0) is 18.8. The van der Waals surface area contributed by atoms with Crippen molar-refractivity contribution >= 4 is 22.9 Å². The highest BCUT2D eigenvalue weighted by Gasteiger charge is 2.43.